The van der Waals surface area contributed by atoms with Crippen molar-refractivity contribution in [2.45, 2.75) is 13.8 Å². The van der Waals surface area contributed by atoms with E-state index in [1.165, 1.54) is 7.11 Å². The van der Waals surface area contributed by atoms with Crippen LogP contribution in [0.2, 0.25) is 0 Å². The minimum Gasteiger partial charge on any atom is -0.488 e. The molecule has 0 aliphatic heterocycles. The number of allylic oxidation sites excluding steroid dienone is 1. The van der Waals surface area contributed by atoms with Crippen molar-refractivity contribution in [3.63, 3.8) is 0 Å². The van der Waals surface area contributed by atoms with Crippen molar-refractivity contribution in [2.75, 3.05) is 19.0 Å². The summed E-state index contributed by atoms with van der Waals surface area (Å²) in [6.07, 6.45) is 1.92. The Bertz CT molecular complexity index is 790. The molecule has 9 nitrogen and oxygen atoms in total. The fourth-order valence-corrected chi connectivity index (χ4v) is 1.78. The van der Waals surface area contributed by atoms with Gasteiger partial charge in [-0.15, -0.1) is 4.98 Å². The number of hydrogen-bond acceptors (Lipinski definition) is 9. The molecule has 0 aliphatic rings. The van der Waals surface area contributed by atoms with E-state index < -0.39 is 0 Å². The molecule has 9 heteroatoms. The number of benzene rings is 1. The van der Waals surface area contributed by atoms with Crippen LogP contribution in [0.5, 0.6) is 17.8 Å². The van der Waals surface area contributed by atoms with Crippen LogP contribution in [-0.2, 0) is 0 Å². The van der Waals surface area contributed by atoms with Crippen LogP contribution in [0.1, 0.15) is 19.4 Å². The van der Waals surface area contributed by atoms with E-state index in [2.05, 4.69) is 31.2 Å². The fourth-order valence-electron chi connectivity index (χ4n) is 1.78. The van der Waals surface area contributed by atoms with Gasteiger partial charge in [0.1, 0.15) is 18.4 Å². The summed E-state index contributed by atoms with van der Waals surface area (Å²) in [6, 6.07) is 7.06. The summed E-state index contributed by atoms with van der Waals surface area (Å²) in [7, 11) is 1.41. The number of anilines is 2. The molecule has 0 bridgehead atoms. The number of nitrogens with two attached hydrogens (primary N) is 1. The minimum atomic E-state index is -0.0944. The number of aromatic nitrogens is 3. The molecule has 1 aromatic carbocycles. The molecule has 2 rings (SSSR count). The third kappa shape index (κ3) is 5.05. The lowest BCUT2D eigenvalue weighted by molar-refractivity contribution is 0.292. The van der Waals surface area contributed by atoms with E-state index in [1.54, 1.807) is 18.2 Å². The number of methoxy groups -OCH3 is 1. The SMILES string of the molecule is COc1nc(Nc2ccc(C#N)c(OCC=C(C)C)c2)nc(ON)n1. The topological polar surface area (TPSA) is 128 Å². The normalized spacial score (nSPS) is 9.72. The highest BCUT2D eigenvalue weighted by atomic mass is 16.6. The summed E-state index contributed by atoms with van der Waals surface area (Å²) in [4.78, 5) is 16.3. The van der Waals surface area contributed by atoms with Crippen LogP contribution in [0.3, 0.4) is 0 Å². The first kappa shape index (κ1) is 18.0. The van der Waals surface area contributed by atoms with Crippen molar-refractivity contribution in [1.29, 1.82) is 5.26 Å². The maximum absolute atomic E-state index is 9.20. The molecule has 25 heavy (non-hydrogen) atoms. The van der Waals surface area contributed by atoms with Gasteiger partial charge in [-0.25, -0.2) is 0 Å². The zero-order valence-electron chi connectivity index (χ0n) is 14.1. The van der Waals surface area contributed by atoms with Crippen LogP contribution >= 0.6 is 0 Å². The Morgan fingerprint density at radius 3 is 2.68 bits per heavy atom. The Kier molecular flexibility index (Phi) is 6.08. The molecule has 2 aromatic rings. The fraction of sp³-hybridized carbons (Fsp3) is 0.250. The number of nitrogens with zero attached hydrogens (tertiary/aromatic N) is 4. The number of nitriles is 1. The van der Waals surface area contributed by atoms with Crippen molar-refractivity contribution >= 4 is 11.6 Å². The summed E-state index contributed by atoms with van der Waals surface area (Å²) in [5.74, 6) is 5.70. The lowest BCUT2D eigenvalue weighted by Crippen LogP contribution is -2.09. The van der Waals surface area contributed by atoms with Gasteiger partial charge in [0.2, 0.25) is 5.95 Å². The summed E-state index contributed by atoms with van der Waals surface area (Å²) in [6.45, 7) is 4.31. The number of hydrogen-bond donors (Lipinski definition) is 2. The molecular formula is C16H18N6O3. The van der Waals surface area contributed by atoms with Crippen LogP contribution in [0.15, 0.2) is 29.8 Å². The van der Waals surface area contributed by atoms with E-state index in [0.717, 1.165) is 5.57 Å². The summed E-state index contributed by atoms with van der Waals surface area (Å²) >= 11 is 0. The van der Waals surface area contributed by atoms with Crippen LogP contribution in [0.4, 0.5) is 11.6 Å². The molecule has 0 fully saturated rings. The maximum atomic E-state index is 9.20. The lowest BCUT2D eigenvalue weighted by Gasteiger charge is -2.10. The van der Waals surface area contributed by atoms with E-state index in [1.807, 2.05) is 19.9 Å². The molecule has 0 saturated heterocycles. The summed E-state index contributed by atoms with van der Waals surface area (Å²) in [5.41, 5.74) is 2.16. The van der Waals surface area contributed by atoms with Crippen molar-refractivity contribution < 1.29 is 14.3 Å². The average Bonchev–Trinajstić information content (AvgIpc) is 2.61. The maximum Gasteiger partial charge on any atom is 0.343 e. The highest BCUT2D eigenvalue weighted by Gasteiger charge is 2.10. The molecule has 0 saturated carbocycles. The number of ether oxygens (including phenoxy) is 2. The first-order valence-electron chi connectivity index (χ1n) is 7.30. The van der Waals surface area contributed by atoms with Gasteiger partial charge in [-0.1, -0.05) is 5.57 Å². The third-order valence-corrected chi connectivity index (χ3v) is 2.97. The summed E-state index contributed by atoms with van der Waals surface area (Å²) < 4.78 is 10.6. The van der Waals surface area contributed by atoms with Gasteiger partial charge in [-0.3, -0.25) is 0 Å². The van der Waals surface area contributed by atoms with Crippen molar-refractivity contribution in [3.05, 3.63) is 35.4 Å². The molecule has 3 N–H and O–H groups in total. The molecule has 1 heterocycles. The largest absolute Gasteiger partial charge is 0.488 e. The lowest BCUT2D eigenvalue weighted by atomic mass is 10.2. The molecule has 0 aliphatic carbocycles. The first-order chi connectivity index (χ1) is 12.0. The van der Waals surface area contributed by atoms with Crippen molar-refractivity contribution in [3.8, 4) is 23.8 Å². The van der Waals surface area contributed by atoms with Gasteiger partial charge in [0, 0.05) is 11.8 Å². The van der Waals surface area contributed by atoms with Crippen LogP contribution in [0, 0.1) is 11.3 Å². The van der Waals surface area contributed by atoms with Crippen LogP contribution in [-0.4, -0.2) is 28.7 Å². The molecule has 0 atom stereocenters. The Labute approximate surface area is 145 Å². The molecular weight excluding hydrogens is 324 g/mol. The standard InChI is InChI=1S/C16H18N6O3/c1-10(2)6-7-24-13-8-12(5-4-11(13)9-17)19-14-20-15(23-3)22-16(21-14)25-18/h4-6,8H,7,18H2,1-3H3,(H,19,20,21,22). The molecule has 0 radical (unpaired) electrons. The van der Waals surface area contributed by atoms with Gasteiger partial charge in [0.05, 0.1) is 12.7 Å². The van der Waals surface area contributed by atoms with Gasteiger partial charge in [-0.2, -0.15) is 21.1 Å². The smallest absolute Gasteiger partial charge is 0.343 e. The molecule has 1 aromatic heterocycles. The Morgan fingerprint density at radius 2 is 2.04 bits per heavy atom. The Balaban J connectivity index is 2.25. The zero-order valence-corrected chi connectivity index (χ0v) is 14.1. The van der Waals surface area contributed by atoms with E-state index >= 15 is 0 Å². The van der Waals surface area contributed by atoms with Gasteiger partial charge in [0.25, 0.3) is 0 Å². The second-order valence-corrected chi connectivity index (χ2v) is 5.09. The highest BCUT2D eigenvalue weighted by Crippen LogP contribution is 2.25. The van der Waals surface area contributed by atoms with Crippen LogP contribution < -0.4 is 25.5 Å². The molecule has 0 unspecified atom stereocenters. The Hall–Kier alpha value is -3.38. The van der Waals surface area contributed by atoms with Crippen LogP contribution in [0.25, 0.3) is 0 Å². The second kappa shape index (κ2) is 8.47. The van der Waals surface area contributed by atoms with Gasteiger partial charge < -0.3 is 19.6 Å². The van der Waals surface area contributed by atoms with Crippen molar-refractivity contribution in [2.24, 2.45) is 5.90 Å². The van der Waals surface area contributed by atoms with Gasteiger partial charge in [-0.05, 0) is 32.1 Å². The number of rotatable bonds is 7. The predicted molar refractivity (Wildman–Crippen MR) is 90.6 cm³/mol. The van der Waals surface area contributed by atoms with E-state index in [9.17, 15) is 5.26 Å². The second-order valence-electron chi connectivity index (χ2n) is 5.09. The monoisotopic (exact) mass is 342 g/mol. The zero-order chi connectivity index (χ0) is 18.2. The third-order valence-electron chi connectivity index (χ3n) is 2.97. The molecule has 0 spiro atoms. The van der Waals surface area contributed by atoms with E-state index in [4.69, 9.17) is 15.4 Å². The van der Waals surface area contributed by atoms with Gasteiger partial charge >= 0.3 is 12.0 Å². The first-order valence-corrected chi connectivity index (χ1v) is 7.30. The Morgan fingerprint density at radius 1 is 1.28 bits per heavy atom. The average molecular weight is 342 g/mol. The van der Waals surface area contributed by atoms with E-state index in [0.29, 0.717) is 23.6 Å². The summed E-state index contributed by atoms with van der Waals surface area (Å²) in [5, 5.41) is 12.2. The predicted octanol–water partition coefficient (Wildman–Crippen LogP) is 2.09. The molecule has 130 valence electrons. The van der Waals surface area contributed by atoms with E-state index in [-0.39, 0.29) is 18.0 Å². The quantitative estimate of drug-likeness (QED) is 0.574. The minimum absolute atomic E-state index is 0.0478. The van der Waals surface area contributed by atoms with Gasteiger partial charge in [0.15, 0.2) is 0 Å². The van der Waals surface area contributed by atoms with Crippen molar-refractivity contribution in [1.82, 2.24) is 15.0 Å². The highest BCUT2D eigenvalue weighted by molar-refractivity contribution is 5.60. The molecule has 0 amide bonds. The number of nitrogens with one attached hydrogen (secondary N) is 1.